The van der Waals surface area contributed by atoms with Gasteiger partial charge in [-0.1, -0.05) is 39.1 Å². The number of amides is 1. The van der Waals surface area contributed by atoms with Gasteiger partial charge in [0.1, 0.15) is 12.0 Å². The summed E-state index contributed by atoms with van der Waals surface area (Å²) in [5.41, 5.74) is 12.5. The van der Waals surface area contributed by atoms with Crippen molar-refractivity contribution in [3.63, 3.8) is 0 Å². The van der Waals surface area contributed by atoms with Crippen LogP contribution in [0.15, 0.2) is 53.3 Å². The second kappa shape index (κ2) is 8.43. The van der Waals surface area contributed by atoms with E-state index in [1.54, 1.807) is 6.07 Å². The van der Waals surface area contributed by atoms with E-state index >= 15 is 0 Å². The van der Waals surface area contributed by atoms with E-state index in [-0.39, 0.29) is 22.1 Å². The highest BCUT2D eigenvalue weighted by Crippen LogP contribution is 2.26. The largest absolute Gasteiger partial charge is 0.393 e. The van der Waals surface area contributed by atoms with Crippen molar-refractivity contribution in [3.05, 3.63) is 68.9 Å². The highest BCUT2D eigenvalue weighted by molar-refractivity contribution is 9.10. The Bertz CT molecular complexity index is 984. The van der Waals surface area contributed by atoms with Crippen molar-refractivity contribution < 1.29 is 4.79 Å². The molecule has 1 aromatic heterocycles. The van der Waals surface area contributed by atoms with Crippen LogP contribution < -0.4 is 21.9 Å². The number of anilines is 4. The van der Waals surface area contributed by atoms with E-state index in [4.69, 9.17) is 28.9 Å². The molecule has 0 bridgehead atoms. The highest BCUT2D eigenvalue weighted by atomic mass is 79.9. The van der Waals surface area contributed by atoms with Crippen molar-refractivity contribution >= 4 is 68.0 Å². The molecule has 1 heterocycles. The maximum atomic E-state index is 12.3. The third kappa shape index (κ3) is 4.79. The Hall–Kier alpha value is -2.55. The fourth-order valence-electron chi connectivity index (χ4n) is 2.12. The molecular formula is C17H13BrCl2N6O. The highest BCUT2D eigenvalue weighted by Gasteiger charge is 2.13. The summed E-state index contributed by atoms with van der Waals surface area (Å²) in [6.07, 6.45) is 1.32. The summed E-state index contributed by atoms with van der Waals surface area (Å²) in [5.74, 6) is 0.175. The summed E-state index contributed by atoms with van der Waals surface area (Å²) in [6.45, 7) is 0. The molecule has 0 radical (unpaired) electrons. The smallest absolute Gasteiger partial charge is 0.271 e. The van der Waals surface area contributed by atoms with Crippen molar-refractivity contribution in [2.24, 2.45) is 0 Å². The van der Waals surface area contributed by atoms with Gasteiger partial charge in [0, 0.05) is 15.2 Å². The molecule has 138 valence electrons. The van der Waals surface area contributed by atoms with Gasteiger partial charge in [0.05, 0.1) is 10.6 Å². The van der Waals surface area contributed by atoms with Gasteiger partial charge >= 0.3 is 0 Å². The molecular weight excluding hydrogens is 455 g/mol. The molecule has 0 saturated carbocycles. The van der Waals surface area contributed by atoms with Gasteiger partial charge in [-0.05, 0) is 42.5 Å². The van der Waals surface area contributed by atoms with Crippen molar-refractivity contribution in [2.45, 2.75) is 0 Å². The molecule has 0 unspecified atom stereocenters. The molecule has 0 saturated heterocycles. The Kier molecular flexibility index (Phi) is 6.00. The van der Waals surface area contributed by atoms with Gasteiger partial charge in [-0.2, -0.15) is 0 Å². The normalized spacial score (nSPS) is 10.3. The van der Waals surface area contributed by atoms with Crippen molar-refractivity contribution in [3.8, 4) is 0 Å². The number of carbonyl (C=O) groups excluding carboxylic acids is 1. The number of hydrogen-bond acceptors (Lipinski definition) is 6. The molecule has 3 aromatic rings. The van der Waals surface area contributed by atoms with Crippen LogP contribution in [-0.4, -0.2) is 15.9 Å². The topological polar surface area (TPSA) is 105 Å². The first kappa shape index (κ1) is 19.2. The van der Waals surface area contributed by atoms with E-state index in [1.807, 2.05) is 24.3 Å². The Morgan fingerprint density at radius 1 is 1.04 bits per heavy atom. The monoisotopic (exact) mass is 466 g/mol. The molecule has 3 rings (SSSR count). The van der Waals surface area contributed by atoms with Gasteiger partial charge in [-0.3, -0.25) is 15.6 Å². The molecule has 0 spiro atoms. The lowest BCUT2D eigenvalue weighted by molar-refractivity contribution is 0.0962. The molecule has 0 fully saturated rings. The van der Waals surface area contributed by atoms with Crippen LogP contribution in [0.4, 0.5) is 23.0 Å². The van der Waals surface area contributed by atoms with Gasteiger partial charge in [-0.15, -0.1) is 0 Å². The van der Waals surface area contributed by atoms with E-state index in [2.05, 4.69) is 42.1 Å². The minimum Gasteiger partial charge on any atom is -0.393 e. The molecule has 1 amide bonds. The zero-order valence-corrected chi connectivity index (χ0v) is 16.7. The van der Waals surface area contributed by atoms with Crippen LogP contribution >= 0.6 is 39.1 Å². The van der Waals surface area contributed by atoms with Gasteiger partial charge in [0.25, 0.3) is 5.91 Å². The number of hydrogen-bond donors (Lipinski definition) is 4. The fraction of sp³-hybridized carbons (Fsp3) is 0. The Balaban J connectivity index is 1.72. The second-order valence-corrected chi connectivity index (χ2v) is 7.08. The van der Waals surface area contributed by atoms with Crippen LogP contribution in [0.25, 0.3) is 0 Å². The summed E-state index contributed by atoms with van der Waals surface area (Å²) in [6, 6.07) is 12.1. The van der Waals surface area contributed by atoms with Crippen LogP contribution in [0, 0.1) is 0 Å². The van der Waals surface area contributed by atoms with Crippen molar-refractivity contribution in [1.82, 2.24) is 15.4 Å². The predicted molar refractivity (Wildman–Crippen MR) is 111 cm³/mol. The second-order valence-electron chi connectivity index (χ2n) is 5.32. The Morgan fingerprint density at radius 3 is 2.44 bits per heavy atom. The first-order chi connectivity index (χ1) is 12.9. The molecule has 0 atom stereocenters. The molecule has 0 aliphatic rings. The lowest BCUT2D eigenvalue weighted by Gasteiger charge is -2.13. The molecule has 0 aliphatic heterocycles. The molecule has 27 heavy (non-hydrogen) atoms. The molecule has 2 aromatic carbocycles. The van der Waals surface area contributed by atoms with E-state index in [9.17, 15) is 4.79 Å². The summed E-state index contributed by atoms with van der Waals surface area (Å²) in [5, 5.41) is 3.76. The summed E-state index contributed by atoms with van der Waals surface area (Å²) < 4.78 is 0.953. The van der Waals surface area contributed by atoms with Gasteiger partial charge in [0.2, 0.25) is 0 Å². The third-order valence-corrected chi connectivity index (χ3v) is 4.54. The van der Waals surface area contributed by atoms with E-state index in [0.717, 1.165) is 10.2 Å². The van der Waals surface area contributed by atoms with E-state index in [0.29, 0.717) is 10.8 Å². The number of nitrogen functional groups attached to an aromatic ring is 1. The number of hydrazine groups is 1. The van der Waals surface area contributed by atoms with Crippen molar-refractivity contribution in [1.29, 1.82) is 0 Å². The first-order valence-electron chi connectivity index (χ1n) is 7.58. The maximum Gasteiger partial charge on any atom is 0.271 e. The number of rotatable bonds is 5. The van der Waals surface area contributed by atoms with Crippen LogP contribution in [0.2, 0.25) is 10.0 Å². The van der Waals surface area contributed by atoms with Crippen LogP contribution in [0.3, 0.4) is 0 Å². The average Bonchev–Trinajstić information content (AvgIpc) is 2.64. The summed E-state index contributed by atoms with van der Waals surface area (Å²) in [4.78, 5) is 20.4. The number of halogens is 3. The SMILES string of the molecule is Nc1c(NNC(=O)c2ccc(Cl)cc2Cl)ncnc1Nc1ccc(Br)cc1. The van der Waals surface area contributed by atoms with Crippen LogP contribution in [0.5, 0.6) is 0 Å². The van der Waals surface area contributed by atoms with Crippen LogP contribution in [0.1, 0.15) is 10.4 Å². The summed E-state index contributed by atoms with van der Waals surface area (Å²) in [7, 11) is 0. The van der Waals surface area contributed by atoms with Gasteiger partial charge in [0.15, 0.2) is 11.6 Å². The average molecular weight is 468 g/mol. The third-order valence-electron chi connectivity index (χ3n) is 3.46. The lowest BCUT2D eigenvalue weighted by atomic mass is 10.2. The fourth-order valence-corrected chi connectivity index (χ4v) is 2.88. The number of carbonyl (C=O) groups is 1. The van der Waals surface area contributed by atoms with Gasteiger partial charge in [-0.25, -0.2) is 9.97 Å². The van der Waals surface area contributed by atoms with Gasteiger partial charge < -0.3 is 11.1 Å². The summed E-state index contributed by atoms with van der Waals surface area (Å²) >= 11 is 15.2. The number of nitrogens with zero attached hydrogens (tertiary/aromatic N) is 2. The maximum absolute atomic E-state index is 12.3. The minimum absolute atomic E-state index is 0.232. The number of nitrogens with one attached hydrogen (secondary N) is 3. The van der Waals surface area contributed by atoms with Crippen molar-refractivity contribution in [2.75, 3.05) is 16.5 Å². The molecule has 10 heteroatoms. The molecule has 0 aliphatic carbocycles. The minimum atomic E-state index is -0.461. The zero-order chi connectivity index (χ0) is 19.4. The lowest BCUT2D eigenvalue weighted by Crippen LogP contribution is -2.30. The number of benzene rings is 2. The van der Waals surface area contributed by atoms with E-state index < -0.39 is 5.91 Å². The predicted octanol–water partition coefficient (Wildman–Crippen LogP) is 4.63. The number of nitrogens with two attached hydrogens (primary N) is 1. The van der Waals surface area contributed by atoms with E-state index in [1.165, 1.54) is 18.5 Å². The molecule has 7 nitrogen and oxygen atoms in total. The number of aromatic nitrogens is 2. The van der Waals surface area contributed by atoms with Crippen LogP contribution in [-0.2, 0) is 0 Å². The Labute approximate surface area is 173 Å². The molecule has 5 N–H and O–H groups in total. The quantitative estimate of drug-likeness (QED) is 0.408. The Morgan fingerprint density at radius 2 is 1.74 bits per heavy atom. The zero-order valence-electron chi connectivity index (χ0n) is 13.6. The standard InChI is InChI=1S/C17H13BrCl2N6O/c18-9-1-4-11(5-2-9)24-15-14(21)16(23-8-22-15)25-26-17(27)12-6-3-10(19)7-13(12)20/h1-8H,21H2,(H,26,27)(H2,22,23,24,25). The first-order valence-corrected chi connectivity index (χ1v) is 9.13.